The highest BCUT2D eigenvalue weighted by atomic mass is 16.5. The molecule has 0 radical (unpaired) electrons. The molecule has 0 bridgehead atoms. The van der Waals surface area contributed by atoms with Crippen LogP contribution in [0.1, 0.15) is 29.0 Å². The van der Waals surface area contributed by atoms with Crippen LogP contribution in [-0.4, -0.2) is 46.7 Å². The number of ether oxygens (including phenoxy) is 2. The predicted molar refractivity (Wildman–Crippen MR) is 90.5 cm³/mol. The van der Waals surface area contributed by atoms with Crippen molar-refractivity contribution in [1.29, 1.82) is 0 Å². The normalized spacial score (nSPS) is 15.4. The summed E-state index contributed by atoms with van der Waals surface area (Å²) in [6.45, 7) is 3.27. The second kappa shape index (κ2) is 6.95. The van der Waals surface area contributed by atoms with Crippen molar-refractivity contribution in [2.75, 3.05) is 20.2 Å². The molecule has 24 heavy (non-hydrogen) atoms. The molecule has 0 unspecified atom stereocenters. The van der Waals surface area contributed by atoms with Gasteiger partial charge in [0.2, 0.25) is 0 Å². The summed E-state index contributed by atoms with van der Waals surface area (Å²) in [6, 6.07) is 7.60. The van der Waals surface area contributed by atoms with Gasteiger partial charge in [-0.2, -0.15) is 0 Å². The number of carbonyl (C=O) groups is 1. The standard InChI is InChI=1S/C18H23N3O3/c1-13-17(20(2)12-19-13)18(22)21-10-8-16(9-11-21)24-15-6-4-14(23-3)5-7-15/h4-7,12,16H,8-11H2,1-3H3. The Kier molecular flexibility index (Phi) is 4.74. The minimum atomic E-state index is 0.0513. The highest BCUT2D eigenvalue weighted by Gasteiger charge is 2.27. The topological polar surface area (TPSA) is 56.6 Å². The van der Waals surface area contributed by atoms with Gasteiger partial charge in [-0.25, -0.2) is 4.98 Å². The third kappa shape index (κ3) is 3.37. The Hall–Kier alpha value is -2.50. The Morgan fingerprint density at radius 1 is 1.17 bits per heavy atom. The van der Waals surface area contributed by atoms with Gasteiger partial charge in [0, 0.05) is 33.0 Å². The highest BCUT2D eigenvalue weighted by Crippen LogP contribution is 2.22. The van der Waals surface area contributed by atoms with Crippen LogP contribution in [0, 0.1) is 6.92 Å². The first-order valence-electron chi connectivity index (χ1n) is 8.16. The second-order valence-electron chi connectivity index (χ2n) is 6.07. The maximum Gasteiger partial charge on any atom is 0.272 e. The van der Waals surface area contributed by atoms with Crippen LogP contribution in [-0.2, 0) is 7.05 Å². The molecule has 1 amide bonds. The Morgan fingerprint density at radius 2 is 1.79 bits per heavy atom. The molecule has 1 aromatic heterocycles. The molecule has 1 aliphatic heterocycles. The maximum atomic E-state index is 12.6. The van der Waals surface area contributed by atoms with Crippen molar-refractivity contribution in [1.82, 2.24) is 14.5 Å². The number of nitrogens with zero attached hydrogens (tertiary/aromatic N) is 3. The Bertz CT molecular complexity index is 681. The van der Waals surface area contributed by atoms with Gasteiger partial charge in [0.1, 0.15) is 23.3 Å². The summed E-state index contributed by atoms with van der Waals surface area (Å²) in [6.07, 6.45) is 3.47. The van der Waals surface area contributed by atoms with Crippen LogP contribution in [0.25, 0.3) is 0 Å². The van der Waals surface area contributed by atoms with Gasteiger partial charge in [0.25, 0.3) is 5.91 Å². The molecule has 0 atom stereocenters. The van der Waals surface area contributed by atoms with Crippen LogP contribution < -0.4 is 9.47 Å². The summed E-state index contributed by atoms with van der Waals surface area (Å²) in [5, 5.41) is 0. The lowest BCUT2D eigenvalue weighted by molar-refractivity contribution is 0.0586. The number of likely N-dealkylation sites (tertiary alicyclic amines) is 1. The van der Waals surface area contributed by atoms with E-state index in [2.05, 4.69) is 4.98 Å². The fraction of sp³-hybridized carbons (Fsp3) is 0.444. The predicted octanol–water partition coefficient (Wildman–Crippen LogP) is 2.42. The Balaban J connectivity index is 1.56. The number of piperidine rings is 1. The number of methoxy groups -OCH3 is 1. The molecular weight excluding hydrogens is 306 g/mol. The van der Waals surface area contributed by atoms with Crippen molar-refractivity contribution in [3.63, 3.8) is 0 Å². The lowest BCUT2D eigenvalue weighted by Gasteiger charge is -2.32. The van der Waals surface area contributed by atoms with Crippen LogP contribution in [0.4, 0.5) is 0 Å². The fourth-order valence-corrected chi connectivity index (χ4v) is 3.03. The summed E-state index contributed by atoms with van der Waals surface area (Å²) in [7, 11) is 3.50. The minimum Gasteiger partial charge on any atom is -0.497 e. The molecule has 3 rings (SSSR count). The van der Waals surface area contributed by atoms with Crippen molar-refractivity contribution in [2.24, 2.45) is 7.05 Å². The first kappa shape index (κ1) is 16.4. The van der Waals surface area contributed by atoms with Crippen molar-refractivity contribution in [3.05, 3.63) is 42.0 Å². The monoisotopic (exact) mass is 329 g/mol. The molecule has 1 fully saturated rings. The van der Waals surface area contributed by atoms with E-state index in [-0.39, 0.29) is 12.0 Å². The van der Waals surface area contributed by atoms with Gasteiger partial charge in [-0.15, -0.1) is 0 Å². The van der Waals surface area contributed by atoms with Crippen LogP contribution in [0.15, 0.2) is 30.6 Å². The molecule has 1 aromatic carbocycles. The van der Waals surface area contributed by atoms with E-state index in [0.717, 1.165) is 30.0 Å². The van der Waals surface area contributed by atoms with E-state index in [1.165, 1.54) is 0 Å². The first-order valence-corrected chi connectivity index (χ1v) is 8.16. The molecule has 2 aromatic rings. The number of carbonyl (C=O) groups excluding carboxylic acids is 1. The van der Waals surface area contributed by atoms with Gasteiger partial charge < -0.3 is 18.9 Å². The van der Waals surface area contributed by atoms with Crippen molar-refractivity contribution in [3.8, 4) is 11.5 Å². The number of amides is 1. The number of aryl methyl sites for hydroxylation is 2. The number of imidazole rings is 1. The number of rotatable bonds is 4. The van der Waals surface area contributed by atoms with E-state index in [4.69, 9.17) is 9.47 Å². The molecule has 2 heterocycles. The molecule has 6 nitrogen and oxygen atoms in total. The van der Waals surface area contributed by atoms with Crippen LogP contribution in [0.2, 0.25) is 0 Å². The van der Waals surface area contributed by atoms with E-state index in [1.54, 1.807) is 18.0 Å². The third-order valence-electron chi connectivity index (χ3n) is 4.41. The molecule has 128 valence electrons. The van der Waals surface area contributed by atoms with E-state index in [1.807, 2.05) is 43.1 Å². The molecule has 0 saturated carbocycles. The fourth-order valence-electron chi connectivity index (χ4n) is 3.03. The molecular formula is C18H23N3O3. The average Bonchev–Trinajstić information content (AvgIpc) is 2.94. The van der Waals surface area contributed by atoms with Crippen molar-refractivity contribution in [2.45, 2.75) is 25.9 Å². The van der Waals surface area contributed by atoms with E-state index in [0.29, 0.717) is 18.8 Å². The average molecular weight is 329 g/mol. The smallest absolute Gasteiger partial charge is 0.272 e. The molecule has 0 N–H and O–H groups in total. The summed E-state index contributed by atoms with van der Waals surface area (Å²) < 4.78 is 12.9. The summed E-state index contributed by atoms with van der Waals surface area (Å²) in [5.74, 6) is 1.70. The third-order valence-corrected chi connectivity index (χ3v) is 4.41. The number of hydrogen-bond donors (Lipinski definition) is 0. The largest absolute Gasteiger partial charge is 0.497 e. The van der Waals surface area contributed by atoms with Gasteiger partial charge in [0.15, 0.2) is 0 Å². The lowest BCUT2D eigenvalue weighted by atomic mass is 10.1. The lowest BCUT2D eigenvalue weighted by Crippen LogP contribution is -2.42. The van der Waals surface area contributed by atoms with Crippen LogP contribution >= 0.6 is 0 Å². The van der Waals surface area contributed by atoms with E-state index in [9.17, 15) is 4.79 Å². The number of benzene rings is 1. The van der Waals surface area contributed by atoms with Crippen molar-refractivity contribution >= 4 is 5.91 Å². The van der Waals surface area contributed by atoms with Gasteiger partial charge in [0.05, 0.1) is 19.1 Å². The summed E-state index contributed by atoms with van der Waals surface area (Å²) >= 11 is 0. The highest BCUT2D eigenvalue weighted by molar-refractivity contribution is 5.93. The van der Waals surface area contributed by atoms with E-state index >= 15 is 0 Å². The molecule has 0 spiro atoms. The maximum absolute atomic E-state index is 12.6. The Morgan fingerprint density at radius 3 is 2.33 bits per heavy atom. The molecule has 1 saturated heterocycles. The van der Waals surface area contributed by atoms with Gasteiger partial charge >= 0.3 is 0 Å². The van der Waals surface area contributed by atoms with Crippen LogP contribution in [0.3, 0.4) is 0 Å². The first-order chi connectivity index (χ1) is 11.6. The molecule has 6 heteroatoms. The minimum absolute atomic E-state index is 0.0513. The summed E-state index contributed by atoms with van der Waals surface area (Å²) in [5.41, 5.74) is 1.45. The second-order valence-corrected chi connectivity index (χ2v) is 6.07. The van der Waals surface area contributed by atoms with Gasteiger partial charge in [-0.05, 0) is 31.2 Å². The zero-order chi connectivity index (χ0) is 17.1. The zero-order valence-electron chi connectivity index (χ0n) is 14.4. The zero-order valence-corrected chi connectivity index (χ0v) is 14.4. The number of hydrogen-bond acceptors (Lipinski definition) is 4. The summed E-state index contributed by atoms with van der Waals surface area (Å²) in [4.78, 5) is 18.7. The quantitative estimate of drug-likeness (QED) is 0.864. The SMILES string of the molecule is COc1ccc(OC2CCN(C(=O)c3c(C)ncn3C)CC2)cc1. The van der Waals surface area contributed by atoms with Crippen molar-refractivity contribution < 1.29 is 14.3 Å². The van der Waals surface area contributed by atoms with Gasteiger partial charge in [-0.3, -0.25) is 4.79 Å². The van der Waals surface area contributed by atoms with Gasteiger partial charge in [-0.1, -0.05) is 0 Å². The number of aromatic nitrogens is 2. The Labute approximate surface area is 142 Å². The van der Waals surface area contributed by atoms with E-state index < -0.39 is 0 Å². The molecule has 0 aliphatic carbocycles. The van der Waals surface area contributed by atoms with Crippen LogP contribution in [0.5, 0.6) is 11.5 Å². The molecule has 1 aliphatic rings.